The average molecular weight is 172 g/mol. The smallest absolute Gasteiger partial charge is 0.184 e. The molecule has 0 bridgehead atoms. The molecule has 1 rings (SSSR count). The Morgan fingerprint density at radius 1 is 1.27 bits per heavy atom. The third-order valence-corrected chi connectivity index (χ3v) is 1.57. The Bertz CT molecular complexity index is 196. The summed E-state index contributed by atoms with van der Waals surface area (Å²) in [5.74, 6) is 0. The van der Waals surface area contributed by atoms with Gasteiger partial charge in [0.15, 0.2) is 0 Å². The largest absolute Gasteiger partial charge is 1.00 e. The van der Waals surface area contributed by atoms with E-state index >= 15 is 0 Å². The second-order valence-electron chi connectivity index (χ2n) is 3.54. The molecule has 0 spiro atoms. The number of hydrogen-bond donors (Lipinski definition) is 0. The Morgan fingerprint density at radius 2 is 1.91 bits per heavy atom. The maximum atomic E-state index is 3.07. The quantitative estimate of drug-likeness (QED) is 0.375. The molecule has 1 aromatic carbocycles. The van der Waals surface area contributed by atoms with E-state index in [0.29, 0.717) is 0 Å². The molecule has 0 fully saturated rings. The first-order valence-corrected chi connectivity index (χ1v) is 3.57. The number of benzene rings is 1. The molecule has 11 heavy (non-hydrogen) atoms. The van der Waals surface area contributed by atoms with Crippen LogP contribution in [0.1, 0.15) is 26.3 Å². The van der Waals surface area contributed by atoms with Crippen LogP contribution in [0.2, 0.25) is 0 Å². The Hall–Kier alpha value is 0.856. The average Bonchev–Trinajstić information content (AvgIpc) is 1.88. The molecule has 0 N–H and O–H groups in total. The Kier molecular flexibility index (Phi) is 5.15. The van der Waals surface area contributed by atoms with Gasteiger partial charge in [-0.1, -0.05) is 26.2 Å². The molecule has 54 valence electrons. The Balaban J connectivity index is 0.000001000. The summed E-state index contributed by atoms with van der Waals surface area (Å²) in [5.41, 5.74) is 1.60. The monoisotopic (exact) mass is 172 g/mol. The van der Waals surface area contributed by atoms with Crippen LogP contribution in [0.5, 0.6) is 0 Å². The van der Waals surface area contributed by atoms with Gasteiger partial charge in [0, 0.05) is 0 Å². The van der Waals surface area contributed by atoms with Gasteiger partial charge in [-0.05, 0) is 0 Å². The van der Waals surface area contributed by atoms with Crippen LogP contribution in [-0.2, 0) is 5.41 Å². The van der Waals surface area contributed by atoms with Crippen molar-refractivity contribution in [2.75, 3.05) is 0 Å². The van der Waals surface area contributed by atoms with Crippen LogP contribution in [0.3, 0.4) is 0 Å². The van der Waals surface area contributed by atoms with Gasteiger partial charge in [0.05, 0.1) is 0 Å². The van der Waals surface area contributed by atoms with E-state index in [1.165, 1.54) is 5.56 Å². The van der Waals surface area contributed by atoms with E-state index in [0.717, 1.165) is 0 Å². The maximum absolute atomic E-state index is 3.07. The van der Waals surface area contributed by atoms with Gasteiger partial charge >= 0.3 is 51.4 Å². The van der Waals surface area contributed by atoms with Gasteiger partial charge in [0.25, 0.3) is 0 Å². The Labute approximate surface area is 112 Å². The fourth-order valence-electron chi connectivity index (χ4n) is 0.860. The topological polar surface area (TPSA) is 0 Å². The minimum Gasteiger partial charge on any atom is -0.184 e. The molecule has 0 saturated heterocycles. The molecule has 0 saturated carbocycles. The first kappa shape index (κ1) is 11.9. The van der Waals surface area contributed by atoms with Crippen LogP contribution in [0.4, 0.5) is 0 Å². The molecule has 0 aliphatic carbocycles. The molecule has 0 aliphatic rings. The molecule has 0 aromatic heterocycles. The van der Waals surface area contributed by atoms with E-state index in [-0.39, 0.29) is 56.8 Å². The van der Waals surface area contributed by atoms with Crippen molar-refractivity contribution in [1.29, 1.82) is 0 Å². The zero-order valence-corrected chi connectivity index (χ0v) is 10.9. The molecule has 0 heterocycles. The first-order chi connectivity index (χ1) is 4.61. The molecule has 0 atom stereocenters. The fraction of sp³-hybridized carbons (Fsp3) is 0.400. The van der Waals surface area contributed by atoms with Crippen molar-refractivity contribution in [2.24, 2.45) is 0 Å². The van der Waals surface area contributed by atoms with Crippen molar-refractivity contribution in [2.45, 2.75) is 26.2 Å². The summed E-state index contributed by atoms with van der Waals surface area (Å²) in [6, 6.07) is 11.2. The number of rotatable bonds is 0. The number of hydrogen-bond acceptors (Lipinski definition) is 0. The van der Waals surface area contributed by atoms with E-state index in [1.807, 2.05) is 18.2 Å². The van der Waals surface area contributed by atoms with Gasteiger partial charge in [-0.2, -0.15) is 35.9 Å². The molecular formula is C10H13K. The standard InChI is InChI=1S/C10H13.K/c1-10(2,3)9-7-5-4-6-8-9;/h4-5,7-8H,1-3H3;/q-1;+1. The van der Waals surface area contributed by atoms with E-state index in [2.05, 4.69) is 32.9 Å². The summed E-state index contributed by atoms with van der Waals surface area (Å²) in [7, 11) is 0. The minimum atomic E-state index is 0. The van der Waals surface area contributed by atoms with Crippen LogP contribution < -0.4 is 51.4 Å². The molecule has 0 amide bonds. The van der Waals surface area contributed by atoms with Crippen LogP contribution in [0.15, 0.2) is 24.3 Å². The maximum Gasteiger partial charge on any atom is 1.00 e. The van der Waals surface area contributed by atoms with Gasteiger partial charge in [0.1, 0.15) is 0 Å². The van der Waals surface area contributed by atoms with E-state index < -0.39 is 0 Å². The molecular weight excluding hydrogens is 159 g/mol. The molecule has 1 aromatic rings. The van der Waals surface area contributed by atoms with Crippen LogP contribution in [-0.4, -0.2) is 0 Å². The van der Waals surface area contributed by atoms with Gasteiger partial charge < -0.3 is 0 Å². The van der Waals surface area contributed by atoms with E-state index in [9.17, 15) is 0 Å². The van der Waals surface area contributed by atoms with Crippen LogP contribution in [0, 0.1) is 6.07 Å². The molecule has 0 aliphatic heterocycles. The predicted octanol–water partition coefficient (Wildman–Crippen LogP) is -0.212. The SMILES string of the molecule is CC(C)(C)c1c[c-]ccc1.[K+]. The Morgan fingerprint density at radius 3 is 2.18 bits per heavy atom. The van der Waals surface area contributed by atoms with E-state index in [4.69, 9.17) is 0 Å². The van der Waals surface area contributed by atoms with Crippen LogP contribution >= 0.6 is 0 Å². The second kappa shape index (κ2) is 4.78. The summed E-state index contributed by atoms with van der Waals surface area (Å²) in [4.78, 5) is 0. The van der Waals surface area contributed by atoms with Crippen molar-refractivity contribution < 1.29 is 51.4 Å². The normalized spacial score (nSPS) is 10.5. The zero-order chi connectivity index (χ0) is 7.61. The third kappa shape index (κ3) is 3.86. The summed E-state index contributed by atoms with van der Waals surface area (Å²) in [5, 5.41) is 0. The van der Waals surface area contributed by atoms with Crippen molar-refractivity contribution in [3.63, 3.8) is 0 Å². The van der Waals surface area contributed by atoms with Gasteiger partial charge in [-0.15, -0.1) is 0 Å². The van der Waals surface area contributed by atoms with Crippen molar-refractivity contribution in [3.05, 3.63) is 35.9 Å². The van der Waals surface area contributed by atoms with Crippen LogP contribution in [0.25, 0.3) is 0 Å². The van der Waals surface area contributed by atoms with Gasteiger partial charge in [-0.3, -0.25) is 0 Å². The van der Waals surface area contributed by atoms with Crippen molar-refractivity contribution in [1.82, 2.24) is 0 Å². The second-order valence-corrected chi connectivity index (χ2v) is 3.54. The predicted molar refractivity (Wildman–Crippen MR) is 44.0 cm³/mol. The molecule has 0 unspecified atom stereocenters. The van der Waals surface area contributed by atoms with E-state index in [1.54, 1.807) is 0 Å². The minimum absolute atomic E-state index is 0. The molecule has 0 radical (unpaired) electrons. The van der Waals surface area contributed by atoms with Gasteiger partial charge in [-0.25, -0.2) is 0 Å². The first-order valence-electron chi connectivity index (χ1n) is 3.57. The summed E-state index contributed by atoms with van der Waals surface area (Å²) < 4.78 is 0. The van der Waals surface area contributed by atoms with Crippen molar-refractivity contribution in [3.8, 4) is 0 Å². The van der Waals surface area contributed by atoms with Gasteiger partial charge in [0.2, 0.25) is 0 Å². The zero-order valence-electron chi connectivity index (χ0n) is 7.81. The third-order valence-electron chi connectivity index (χ3n) is 1.57. The summed E-state index contributed by atoms with van der Waals surface area (Å²) >= 11 is 0. The summed E-state index contributed by atoms with van der Waals surface area (Å²) in [6.07, 6.45) is 0. The molecule has 1 heteroatoms. The molecule has 0 nitrogen and oxygen atoms in total. The fourth-order valence-corrected chi connectivity index (χ4v) is 0.860. The van der Waals surface area contributed by atoms with Crippen molar-refractivity contribution >= 4 is 0 Å². The summed E-state index contributed by atoms with van der Waals surface area (Å²) in [6.45, 7) is 6.61.